The summed E-state index contributed by atoms with van der Waals surface area (Å²) in [5, 5.41) is 11.2. The van der Waals surface area contributed by atoms with Gasteiger partial charge >= 0.3 is 19.8 Å². The molecule has 10 heteroatoms. The van der Waals surface area contributed by atoms with Crippen molar-refractivity contribution in [2.75, 3.05) is 13.2 Å². The normalized spacial score (nSPS) is 24.2. The molecule has 5 N–H and O–H groups in total. The average Bonchev–Trinajstić information content (AvgIpc) is 2.78. The summed E-state index contributed by atoms with van der Waals surface area (Å²) in [7, 11) is -4.63. The zero-order chi connectivity index (χ0) is 13.8. The molecule has 1 aliphatic heterocycles. The number of carboxylic acids is 1. The number of hydrogen-bond donors (Lipinski definition) is 4. The van der Waals surface area contributed by atoms with Crippen LogP contribution in [0.1, 0.15) is 12.8 Å². The maximum Gasteiger partial charge on any atom is 0.529 e. The molecule has 1 heterocycles. The minimum absolute atomic E-state index is 0.507. The van der Waals surface area contributed by atoms with Crippen molar-refractivity contribution in [3.05, 3.63) is 0 Å². The number of carboxylic acid groups (broad SMARTS) is 1. The molecule has 0 aromatic carbocycles. The molecule has 0 bridgehead atoms. The molecule has 1 aliphatic rings. The highest BCUT2D eigenvalue weighted by atomic mass is 31.2. The van der Waals surface area contributed by atoms with Gasteiger partial charge in [-0.3, -0.25) is 14.2 Å². The molecule has 1 unspecified atom stereocenters. The van der Waals surface area contributed by atoms with Crippen LogP contribution in [0.15, 0.2) is 0 Å². The Balaban J connectivity index is 2.41. The van der Waals surface area contributed by atoms with E-state index in [1.54, 1.807) is 0 Å². The second-order valence-electron chi connectivity index (χ2n) is 3.77. The smallest absolute Gasteiger partial charge is 0.480 e. The molecule has 0 aliphatic carbocycles. The molecule has 104 valence electrons. The highest BCUT2D eigenvalue weighted by Gasteiger charge is 2.33. The van der Waals surface area contributed by atoms with Crippen LogP contribution < -0.4 is 11.1 Å². The van der Waals surface area contributed by atoms with Gasteiger partial charge < -0.3 is 20.7 Å². The highest BCUT2D eigenvalue weighted by molar-refractivity contribution is 7.48. The van der Waals surface area contributed by atoms with Crippen LogP contribution in [0.5, 0.6) is 0 Å². The molecule has 0 aromatic rings. The maximum absolute atomic E-state index is 11.4. The first-order valence-corrected chi connectivity index (χ1v) is 6.74. The van der Waals surface area contributed by atoms with Gasteiger partial charge in [0.15, 0.2) is 0 Å². The molecular formula is C8H15N2O7P. The Labute approximate surface area is 103 Å². The molecule has 0 amide bonds. The summed E-state index contributed by atoms with van der Waals surface area (Å²) in [6.45, 7) is -0.102. The van der Waals surface area contributed by atoms with Gasteiger partial charge in [0.1, 0.15) is 12.1 Å². The van der Waals surface area contributed by atoms with Crippen molar-refractivity contribution in [2.24, 2.45) is 5.73 Å². The van der Waals surface area contributed by atoms with E-state index < -0.39 is 38.5 Å². The van der Waals surface area contributed by atoms with Crippen LogP contribution in [0, 0.1) is 0 Å². The van der Waals surface area contributed by atoms with E-state index in [2.05, 4.69) is 14.4 Å². The van der Waals surface area contributed by atoms with Gasteiger partial charge in [-0.25, -0.2) is 9.36 Å². The fourth-order valence-corrected chi connectivity index (χ4v) is 2.09. The predicted octanol–water partition coefficient (Wildman–Crippen LogP) is -1.19. The van der Waals surface area contributed by atoms with E-state index in [9.17, 15) is 19.0 Å². The van der Waals surface area contributed by atoms with Crippen molar-refractivity contribution in [1.82, 2.24) is 5.32 Å². The number of nitrogens with one attached hydrogen (secondary N) is 1. The minimum Gasteiger partial charge on any atom is -0.480 e. The zero-order valence-corrected chi connectivity index (χ0v) is 10.3. The van der Waals surface area contributed by atoms with Crippen molar-refractivity contribution in [3.8, 4) is 0 Å². The summed E-state index contributed by atoms with van der Waals surface area (Å²) in [6, 6.07) is -2.10. The number of phosphoric acid groups is 1. The maximum atomic E-state index is 11.4. The fourth-order valence-electron chi connectivity index (χ4n) is 1.34. The quantitative estimate of drug-likeness (QED) is 0.441. The largest absolute Gasteiger partial charge is 0.529 e. The number of carbonyl (C=O) groups excluding carboxylic acids is 1. The lowest BCUT2D eigenvalue weighted by atomic mass is 10.2. The van der Waals surface area contributed by atoms with Crippen LogP contribution >= 0.6 is 7.82 Å². The average molecular weight is 282 g/mol. The first-order valence-electron chi connectivity index (χ1n) is 5.24. The van der Waals surface area contributed by atoms with Gasteiger partial charge in [-0.05, 0) is 19.4 Å². The van der Waals surface area contributed by atoms with Gasteiger partial charge in [0.25, 0.3) is 0 Å². The van der Waals surface area contributed by atoms with Crippen LogP contribution in [0.2, 0.25) is 0 Å². The topological polar surface area (TPSA) is 148 Å². The molecule has 18 heavy (non-hydrogen) atoms. The van der Waals surface area contributed by atoms with Crippen molar-refractivity contribution in [1.29, 1.82) is 0 Å². The first-order chi connectivity index (χ1) is 8.32. The predicted molar refractivity (Wildman–Crippen MR) is 58.5 cm³/mol. The van der Waals surface area contributed by atoms with Crippen LogP contribution in [0.4, 0.5) is 0 Å². The molecule has 0 radical (unpaired) electrons. The third-order valence-corrected chi connectivity index (χ3v) is 3.17. The van der Waals surface area contributed by atoms with E-state index in [0.29, 0.717) is 13.0 Å². The van der Waals surface area contributed by atoms with Gasteiger partial charge in [0, 0.05) is 0 Å². The zero-order valence-electron chi connectivity index (χ0n) is 9.44. The Kier molecular flexibility index (Phi) is 5.24. The first kappa shape index (κ1) is 15.1. The number of hydrogen-bond acceptors (Lipinski definition) is 7. The van der Waals surface area contributed by atoms with E-state index in [1.807, 2.05) is 0 Å². The number of nitrogens with two attached hydrogens (primary N) is 1. The molecular weight excluding hydrogens is 267 g/mol. The number of phosphoric ester groups is 1. The second kappa shape index (κ2) is 6.26. The molecule has 9 nitrogen and oxygen atoms in total. The van der Waals surface area contributed by atoms with Gasteiger partial charge in [0.2, 0.25) is 0 Å². The SMILES string of the molecule is N[C@@H](COP(=O)(O)OC(=O)[C@@H]1CCCN1)C(=O)O. The van der Waals surface area contributed by atoms with Crippen LogP contribution in [-0.4, -0.2) is 47.2 Å². The van der Waals surface area contributed by atoms with Crippen molar-refractivity contribution >= 4 is 19.8 Å². The molecule has 0 saturated carbocycles. The van der Waals surface area contributed by atoms with Gasteiger partial charge in [0.05, 0.1) is 6.61 Å². The third-order valence-electron chi connectivity index (χ3n) is 2.28. The number of carbonyl (C=O) groups is 2. The summed E-state index contributed by atoms with van der Waals surface area (Å²) < 4.78 is 19.9. The molecule has 0 aromatic heterocycles. The molecule has 1 rings (SSSR count). The van der Waals surface area contributed by atoms with Gasteiger partial charge in [-0.2, -0.15) is 0 Å². The monoisotopic (exact) mass is 282 g/mol. The second-order valence-corrected chi connectivity index (χ2v) is 5.15. The third kappa shape index (κ3) is 4.71. The molecule has 1 saturated heterocycles. The van der Waals surface area contributed by atoms with E-state index in [1.165, 1.54) is 0 Å². The lowest BCUT2D eigenvalue weighted by molar-refractivity contribution is -0.139. The van der Waals surface area contributed by atoms with Gasteiger partial charge in [-0.1, -0.05) is 0 Å². The Bertz CT molecular complexity index is 368. The van der Waals surface area contributed by atoms with Gasteiger partial charge in [-0.15, -0.1) is 0 Å². The fraction of sp³-hybridized carbons (Fsp3) is 0.750. The molecule has 0 spiro atoms. The Morgan fingerprint density at radius 2 is 2.22 bits per heavy atom. The van der Waals surface area contributed by atoms with Crippen LogP contribution in [-0.2, 0) is 23.2 Å². The summed E-state index contributed by atoms with van der Waals surface area (Å²) >= 11 is 0. The lowest BCUT2D eigenvalue weighted by Gasteiger charge is -2.15. The van der Waals surface area contributed by atoms with E-state index in [0.717, 1.165) is 6.42 Å². The summed E-state index contributed by atoms with van der Waals surface area (Å²) in [4.78, 5) is 30.9. The molecule has 1 fully saturated rings. The number of rotatable bonds is 6. The number of aliphatic carboxylic acids is 1. The van der Waals surface area contributed by atoms with E-state index in [4.69, 9.17) is 10.8 Å². The summed E-state index contributed by atoms with van der Waals surface area (Å²) in [6.07, 6.45) is 1.27. The molecule has 3 atom stereocenters. The Hall–Kier alpha value is -0.990. The van der Waals surface area contributed by atoms with Crippen LogP contribution in [0.25, 0.3) is 0 Å². The van der Waals surface area contributed by atoms with Crippen LogP contribution in [0.3, 0.4) is 0 Å². The summed E-state index contributed by atoms with van der Waals surface area (Å²) in [5.74, 6) is -2.29. The van der Waals surface area contributed by atoms with E-state index >= 15 is 0 Å². The van der Waals surface area contributed by atoms with Crippen molar-refractivity contribution in [2.45, 2.75) is 24.9 Å². The standard InChI is InChI=1S/C8H15N2O7P/c9-5(7(11)12)4-16-18(14,15)17-8(13)6-2-1-3-10-6/h5-6,10H,1-4,9H2,(H,11,12)(H,14,15)/t5-,6-/m0/s1. The highest BCUT2D eigenvalue weighted by Crippen LogP contribution is 2.43. The Morgan fingerprint density at radius 1 is 1.56 bits per heavy atom. The van der Waals surface area contributed by atoms with Crippen molar-refractivity contribution < 1.29 is 33.2 Å². The summed E-state index contributed by atoms with van der Waals surface area (Å²) in [5.41, 5.74) is 5.07. The Morgan fingerprint density at radius 3 is 2.72 bits per heavy atom. The van der Waals surface area contributed by atoms with Crippen molar-refractivity contribution in [3.63, 3.8) is 0 Å². The minimum atomic E-state index is -4.63. The van der Waals surface area contributed by atoms with E-state index in [-0.39, 0.29) is 0 Å². The lowest BCUT2D eigenvalue weighted by Crippen LogP contribution is -2.35.